The third-order valence-corrected chi connectivity index (χ3v) is 6.43. The molecule has 3 N–H and O–H groups in total. The van der Waals surface area contributed by atoms with Crippen molar-refractivity contribution in [2.75, 3.05) is 13.1 Å². The fourth-order valence-electron chi connectivity index (χ4n) is 4.45. The van der Waals surface area contributed by atoms with Crippen LogP contribution in [-0.2, 0) is 0 Å². The Kier molecular flexibility index (Phi) is 5.41. The van der Waals surface area contributed by atoms with E-state index < -0.39 is 0 Å². The van der Waals surface area contributed by atoms with E-state index in [9.17, 15) is 4.79 Å². The zero-order valence-electron chi connectivity index (χ0n) is 18.5. The Morgan fingerprint density at radius 3 is 2.45 bits per heavy atom. The molecule has 1 fully saturated rings. The van der Waals surface area contributed by atoms with Gasteiger partial charge in [0.1, 0.15) is 11.8 Å². The summed E-state index contributed by atoms with van der Waals surface area (Å²) in [5.41, 5.74) is 13.1. The van der Waals surface area contributed by atoms with Crippen LogP contribution in [0.5, 0.6) is 0 Å². The Bertz CT molecular complexity index is 1350. The highest BCUT2D eigenvalue weighted by atomic mass is 16.2. The number of carbonyl (C=O) groups is 1. The molecule has 0 bridgehead atoms. The van der Waals surface area contributed by atoms with Crippen LogP contribution in [0.3, 0.4) is 0 Å². The van der Waals surface area contributed by atoms with Gasteiger partial charge >= 0.3 is 0 Å². The monoisotopic (exact) mass is 435 g/mol. The summed E-state index contributed by atoms with van der Waals surface area (Å²) in [4.78, 5) is 22.8. The second-order valence-electron chi connectivity index (χ2n) is 8.69. The second-order valence-corrected chi connectivity index (χ2v) is 8.69. The number of rotatable bonds is 3. The van der Waals surface area contributed by atoms with Gasteiger partial charge in [-0.15, -0.1) is 0 Å². The molecule has 1 amide bonds. The van der Waals surface area contributed by atoms with Gasteiger partial charge in [0.2, 0.25) is 0 Å². The number of likely N-dealkylation sites (tertiary alicyclic amines) is 1. The number of carbonyl (C=O) groups excluding carboxylic acids is 1. The molecule has 6 heteroatoms. The number of benzene rings is 2. The van der Waals surface area contributed by atoms with E-state index in [0.29, 0.717) is 24.3 Å². The Morgan fingerprint density at radius 1 is 1.09 bits per heavy atom. The standard InChI is InChI=1S/C27H25N5O/c1-17-2-4-18(5-3-17)23-13-26-24(12-22(23)19-6-7-21(14-28)30-15-19)25(16-31-26)27(33)32-10-8-20(29)9-11-32/h2-7,12-13,15-16,20,31H,8-11,29H2,1H3. The largest absolute Gasteiger partial charge is 0.360 e. The number of pyridine rings is 1. The van der Waals surface area contributed by atoms with E-state index in [0.717, 1.165) is 46.0 Å². The number of nitriles is 1. The minimum atomic E-state index is 0.0279. The van der Waals surface area contributed by atoms with Crippen LogP contribution < -0.4 is 5.73 Å². The van der Waals surface area contributed by atoms with Gasteiger partial charge < -0.3 is 15.6 Å². The highest BCUT2D eigenvalue weighted by Crippen LogP contribution is 2.37. The average molecular weight is 436 g/mol. The van der Waals surface area contributed by atoms with Crippen LogP contribution in [0.25, 0.3) is 33.2 Å². The number of hydrogen-bond donors (Lipinski definition) is 2. The van der Waals surface area contributed by atoms with Crippen molar-refractivity contribution in [3.05, 3.63) is 77.7 Å². The molecule has 4 aromatic rings. The van der Waals surface area contributed by atoms with Gasteiger partial charge in [0.15, 0.2) is 0 Å². The van der Waals surface area contributed by atoms with Gasteiger partial charge in [-0.05, 0) is 60.7 Å². The summed E-state index contributed by atoms with van der Waals surface area (Å²) < 4.78 is 0. The number of aromatic nitrogens is 2. The number of aryl methyl sites for hydroxylation is 1. The Balaban J connectivity index is 1.64. The molecule has 0 aliphatic carbocycles. The maximum absolute atomic E-state index is 13.3. The van der Waals surface area contributed by atoms with E-state index in [4.69, 9.17) is 11.0 Å². The predicted molar refractivity (Wildman–Crippen MR) is 130 cm³/mol. The van der Waals surface area contributed by atoms with Crippen molar-refractivity contribution in [2.45, 2.75) is 25.8 Å². The van der Waals surface area contributed by atoms with Crippen LogP contribution >= 0.6 is 0 Å². The first-order valence-corrected chi connectivity index (χ1v) is 11.2. The fraction of sp³-hybridized carbons (Fsp3) is 0.222. The van der Waals surface area contributed by atoms with E-state index in [1.54, 1.807) is 18.5 Å². The van der Waals surface area contributed by atoms with Crippen LogP contribution in [0.1, 0.15) is 34.5 Å². The molecule has 0 radical (unpaired) electrons. The van der Waals surface area contributed by atoms with Crippen LogP contribution in [0, 0.1) is 18.3 Å². The van der Waals surface area contributed by atoms with E-state index in [1.165, 1.54) is 5.56 Å². The quantitative estimate of drug-likeness (QED) is 0.490. The maximum atomic E-state index is 13.3. The van der Waals surface area contributed by atoms with Crippen molar-refractivity contribution in [2.24, 2.45) is 5.73 Å². The van der Waals surface area contributed by atoms with Gasteiger partial charge in [-0.3, -0.25) is 4.79 Å². The molecule has 3 heterocycles. The molecule has 2 aromatic heterocycles. The van der Waals surface area contributed by atoms with E-state index in [2.05, 4.69) is 59.4 Å². The SMILES string of the molecule is Cc1ccc(-c2cc3[nH]cc(C(=O)N4CCC(N)CC4)c3cc2-c2ccc(C#N)nc2)cc1. The molecule has 2 aromatic carbocycles. The number of fused-ring (bicyclic) bond motifs is 1. The summed E-state index contributed by atoms with van der Waals surface area (Å²) in [6.07, 6.45) is 5.18. The Morgan fingerprint density at radius 2 is 1.79 bits per heavy atom. The lowest BCUT2D eigenvalue weighted by Gasteiger charge is -2.30. The van der Waals surface area contributed by atoms with Gasteiger partial charge in [-0.1, -0.05) is 29.8 Å². The topological polar surface area (TPSA) is 98.8 Å². The number of nitrogens with zero attached hydrogens (tertiary/aromatic N) is 3. The summed E-state index contributed by atoms with van der Waals surface area (Å²) >= 11 is 0. The lowest BCUT2D eigenvalue weighted by molar-refractivity contribution is 0.0717. The van der Waals surface area contributed by atoms with Crippen molar-refractivity contribution >= 4 is 16.8 Å². The van der Waals surface area contributed by atoms with Crippen molar-refractivity contribution in [1.29, 1.82) is 5.26 Å². The summed E-state index contributed by atoms with van der Waals surface area (Å²) in [6.45, 7) is 3.43. The van der Waals surface area contributed by atoms with Gasteiger partial charge in [0, 0.05) is 48.0 Å². The zero-order chi connectivity index (χ0) is 22.9. The number of aromatic amines is 1. The number of piperidine rings is 1. The zero-order valence-corrected chi connectivity index (χ0v) is 18.5. The molecule has 0 saturated carbocycles. The van der Waals surface area contributed by atoms with Crippen molar-refractivity contribution < 1.29 is 4.79 Å². The van der Waals surface area contributed by atoms with Crippen LogP contribution in [0.2, 0.25) is 0 Å². The number of hydrogen-bond acceptors (Lipinski definition) is 4. The highest BCUT2D eigenvalue weighted by Gasteiger charge is 2.24. The summed E-state index contributed by atoms with van der Waals surface area (Å²) in [6, 6.07) is 18.4. The summed E-state index contributed by atoms with van der Waals surface area (Å²) in [7, 11) is 0. The van der Waals surface area contributed by atoms with Crippen LogP contribution in [-0.4, -0.2) is 39.9 Å². The number of H-pyrrole nitrogens is 1. The van der Waals surface area contributed by atoms with Crippen molar-refractivity contribution in [3.63, 3.8) is 0 Å². The summed E-state index contributed by atoms with van der Waals surface area (Å²) in [5, 5.41) is 10.0. The first-order chi connectivity index (χ1) is 16.0. The molecule has 0 unspecified atom stereocenters. The molecule has 0 atom stereocenters. The molecule has 0 spiro atoms. The minimum Gasteiger partial charge on any atom is -0.360 e. The Labute approximate surface area is 192 Å². The van der Waals surface area contributed by atoms with Gasteiger partial charge in [-0.2, -0.15) is 5.26 Å². The Hall–Kier alpha value is -3.95. The molecule has 6 nitrogen and oxygen atoms in total. The van der Waals surface area contributed by atoms with E-state index in [1.807, 2.05) is 11.0 Å². The smallest absolute Gasteiger partial charge is 0.256 e. The molecular formula is C27H25N5O. The third kappa shape index (κ3) is 3.99. The molecule has 1 aliphatic heterocycles. The third-order valence-electron chi connectivity index (χ3n) is 6.43. The van der Waals surface area contributed by atoms with Gasteiger partial charge in [-0.25, -0.2) is 4.98 Å². The van der Waals surface area contributed by atoms with Gasteiger partial charge in [0.05, 0.1) is 5.56 Å². The molecular weight excluding hydrogens is 410 g/mol. The number of nitrogens with two attached hydrogens (primary N) is 1. The lowest BCUT2D eigenvalue weighted by Crippen LogP contribution is -2.42. The summed E-state index contributed by atoms with van der Waals surface area (Å²) in [5.74, 6) is 0.0279. The van der Waals surface area contributed by atoms with Crippen LogP contribution in [0.15, 0.2) is 60.9 Å². The second kappa shape index (κ2) is 8.53. The molecule has 164 valence electrons. The van der Waals surface area contributed by atoms with E-state index >= 15 is 0 Å². The molecule has 1 aliphatic rings. The molecule has 5 rings (SSSR count). The first kappa shape index (κ1) is 20.9. The van der Waals surface area contributed by atoms with Gasteiger partial charge in [0.25, 0.3) is 5.91 Å². The minimum absolute atomic E-state index is 0.0279. The fourth-order valence-corrected chi connectivity index (χ4v) is 4.45. The van der Waals surface area contributed by atoms with Crippen molar-refractivity contribution in [1.82, 2.24) is 14.9 Å². The molecule has 1 saturated heterocycles. The van der Waals surface area contributed by atoms with E-state index in [-0.39, 0.29) is 11.9 Å². The number of amides is 1. The first-order valence-electron chi connectivity index (χ1n) is 11.2. The predicted octanol–water partition coefficient (Wildman–Crippen LogP) is 4.64. The van der Waals surface area contributed by atoms with Crippen molar-refractivity contribution in [3.8, 4) is 28.3 Å². The highest BCUT2D eigenvalue weighted by molar-refractivity contribution is 6.09. The lowest BCUT2D eigenvalue weighted by atomic mass is 9.92. The molecule has 33 heavy (non-hydrogen) atoms. The van der Waals surface area contributed by atoms with Crippen LogP contribution in [0.4, 0.5) is 0 Å². The normalized spacial score (nSPS) is 14.4. The average Bonchev–Trinajstić information content (AvgIpc) is 3.27. The number of nitrogens with one attached hydrogen (secondary N) is 1. The maximum Gasteiger partial charge on any atom is 0.256 e.